The van der Waals surface area contributed by atoms with Gasteiger partial charge in [-0.15, -0.1) is 0 Å². The van der Waals surface area contributed by atoms with Crippen LogP contribution in [-0.2, 0) is 0 Å². The first kappa shape index (κ1) is 31.0. The average Bonchev–Trinajstić information content (AvgIpc) is 3.60. The molecule has 258 valence electrons. The maximum Gasteiger partial charge on any atom is 0.0892 e. The second-order valence-corrected chi connectivity index (χ2v) is 14.9. The molecule has 0 saturated carbocycles. The Balaban J connectivity index is 1.12. The van der Waals surface area contributed by atoms with Gasteiger partial charge in [-0.1, -0.05) is 158 Å². The topological polar surface area (TPSA) is 25.8 Å². The van der Waals surface area contributed by atoms with Crippen molar-refractivity contribution in [2.45, 2.75) is 0 Å². The molecule has 0 spiro atoms. The zero-order valence-electron chi connectivity index (χ0n) is 30.4. The summed E-state index contributed by atoms with van der Waals surface area (Å²) in [5.74, 6) is 0. The van der Waals surface area contributed by atoms with Crippen LogP contribution >= 0.6 is 0 Å². The number of rotatable bonds is 4. The SMILES string of the molecule is c1ccc2c(c1)-c1cccc3c(-c4c5ccccc5c(-c5ccc(-c6ccc7ccccc7c6)cc5)c5cc(-c6ccc7nccnc7c6)ccc45)ccc-2c13. The average molecular weight is 709 g/mol. The molecule has 1 aliphatic rings. The van der Waals surface area contributed by atoms with Crippen LogP contribution in [0.15, 0.2) is 194 Å². The summed E-state index contributed by atoms with van der Waals surface area (Å²) in [5.41, 5.74) is 16.7. The molecule has 0 aliphatic heterocycles. The van der Waals surface area contributed by atoms with Crippen LogP contribution in [0.2, 0.25) is 0 Å². The highest BCUT2D eigenvalue weighted by Gasteiger charge is 2.25. The number of fused-ring (bicyclic) bond motifs is 7. The lowest BCUT2D eigenvalue weighted by Gasteiger charge is -2.20. The summed E-state index contributed by atoms with van der Waals surface area (Å²) in [4.78, 5) is 9.18. The van der Waals surface area contributed by atoms with E-state index < -0.39 is 0 Å². The Bertz CT molecular complexity index is 3380. The fourth-order valence-corrected chi connectivity index (χ4v) is 9.33. The summed E-state index contributed by atoms with van der Waals surface area (Å²) in [6, 6.07) is 67.2. The van der Waals surface area contributed by atoms with Crippen molar-refractivity contribution < 1.29 is 0 Å². The first-order valence-corrected chi connectivity index (χ1v) is 19.2. The van der Waals surface area contributed by atoms with E-state index in [1.54, 1.807) is 12.4 Å². The Hall–Kier alpha value is -7.42. The van der Waals surface area contributed by atoms with Crippen LogP contribution < -0.4 is 0 Å². The number of hydrogen-bond donors (Lipinski definition) is 0. The van der Waals surface area contributed by atoms with Gasteiger partial charge in [0.25, 0.3) is 0 Å². The van der Waals surface area contributed by atoms with Gasteiger partial charge in [0.15, 0.2) is 0 Å². The van der Waals surface area contributed by atoms with Gasteiger partial charge in [0.05, 0.1) is 11.0 Å². The van der Waals surface area contributed by atoms with Gasteiger partial charge in [0, 0.05) is 12.4 Å². The monoisotopic (exact) mass is 708 g/mol. The minimum absolute atomic E-state index is 0.891. The third kappa shape index (κ3) is 4.63. The van der Waals surface area contributed by atoms with Crippen LogP contribution in [0.1, 0.15) is 0 Å². The molecule has 1 aromatic heterocycles. The van der Waals surface area contributed by atoms with E-state index in [-0.39, 0.29) is 0 Å². The van der Waals surface area contributed by atoms with E-state index in [1.165, 1.54) is 98.7 Å². The molecule has 0 unspecified atom stereocenters. The molecule has 12 rings (SSSR count). The Morgan fingerprint density at radius 1 is 0.268 bits per heavy atom. The molecular weight excluding hydrogens is 677 g/mol. The van der Waals surface area contributed by atoms with Crippen molar-refractivity contribution in [3.05, 3.63) is 194 Å². The predicted octanol–water partition coefficient (Wildman–Crippen LogP) is 14.6. The quantitative estimate of drug-likeness (QED) is 0.170. The maximum absolute atomic E-state index is 4.64. The van der Waals surface area contributed by atoms with Crippen molar-refractivity contribution in [2.24, 2.45) is 0 Å². The summed E-state index contributed by atoms with van der Waals surface area (Å²) in [5, 5.41) is 10.1. The largest absolute Gasteiger partial charge is 0.253 e. The summed E-state index contributed by atoms with van der Waals surface area (Å²) < 4.78 is 0. The molecule has 0 bridgehead atoms. The van der Waals surface area contributed by atoms with Crippen LogP contribution in [0.3, 0.4) is 0 Å². The molecule has 0 atom stereocenters. The fourth-order valence-electron chi connectivity index (χ4n) is 9.33. The van der Waals surface area contributed by atoms with Gasteiger partial charge in [-0.25, -0.2) is 0 Å². The van der Waals surface area contributed by atoms with Crippen molar-refractivity contribution in [3.8, 4) is 66.8 Å². The molecule has 0 saturated heterocycles. The molecule has 0 radical (unpaired) electrons. The second-order valence-electron chi connectivity index (χ2n) is 14.9. The van der Waals surface area contributed by atoms with Gasteiger partial charge in [0.1, 0.15) is 0 Å². The van der Waals surface area contributed by atoms with E-state index in [4.69, 9.17) is 0 Å². The van der Waals surface area contributed by atoms with Gasteiger partial charge in [0.2, 0.25) is 0 Å². The number of aromatic nitrogens is 2. The Labute approximate surface area is 324 Å². The molecule has 10 aromatic carbocycles. The molecule has 2 nitrogen and oxygen atoms in total. The lowest BCUT2D eigenvalue weighted by atomic mass is 9.83. The summed E-state index contributed by atoms with van der Waals surface area (Å²) in [6.45, 7) is 0. The molecule has 0 N–H and O–H groups in total. The number of nitrogens with zero attached hydrogens (tertiary/aromatic N) is 2. The molecule has 0 fully saturated rings. The Morgan fingerprint density at radius 2 is 0.821 bits per heavy atom. The zero-order valence-corrected chi connectivity index (χ0v) is 30.4. The van der Waals surface area contributed by atoms with Crippen LogP contribution in [0.5, 0.6) is 0 Å². The van der Waals surface area contributed by atoms with E-state index in [2.05, 4.69) is 192 Å². The van der Waals surface area contributed by atoms with E-state index in [0.717, 1.165) is 22.2 Å². The Morgan fingerprint density at radius 3 is 1.66 bits per heavy atom. The van der Waals surface area contributed by atoms with Crippen molar-refractivity contribution in [1.29, 1.82) is 0 Å². The summed E-state index contributed by atoms with van der Waals surface area (Å²) in [7, 11) is 0. The van der Waals surface area contributed by atoms with Crippen LogP contribution in [-0.4, -0.2) is 9.97 Å². The van der Waals surface area contributed by atoms with E-state index in [9.17, 15) is 0 Å². The molecular formula is C54H32N2. The lowest BCUT2D eigenvalue weighted by molar-refractivity contribution is 1.29. The highest BCUT2D eigenvalue weighted by atomic mass is 14.8. The third-order valence-corrected chi connectivity index (χ3v) is 11.9. The van der Waals surface area contributed by atoms with Gasteiger partial charge in [-0.2, -0.15) is 0 Å². The van der Waals surface area contributed by atoms with Crippen LogP contribution in [0.4, 0.5) is 0 Å². The molecule has 2 heteroatoms. The molecule has 11 aromatic rings. The number of hydrogen-bond acceptors (Lipinski definition) is 2. The first-order chi connectivity index (χ1) is 27.8. The van der Waals surface area contributed by atoms with Gasteiger partial charge in [-0.3, -0.25) is 9.97 Å². The van der Waals surface area contributed by atoms with Crippen molar-refractivity contribution in [1.82, 2.24) is 9.97 Å². The summed E-state index contributed by atoms with van der Waals surface area (Å²) >= 11 is 0. The summed E-state index contributed by atoms with van der Waals surface area (Å²) in [6.07, 6.45) is 3.52. The number of benzene rings is 10. The maximum atomic E-state index is 4.64. The predicted molar refractivity (Wildman–Crippen MR) is 236 cm³/mol. The van der Waals surface area contributed by atoms with Gasteiger partial charge >= 0.3 is 0 Å². The van der Waals surface area contributed by atoms with E-state index >= 15 is 0 Å². The molecule has 56 heavy (non-hydrogen) atoms. The molecule has 1 aliphatic carbocycles. The third-order valence-electron chi connectivity index (χ3n) is 11.9. The minimum Gasteiger partial charge on any atom is -0.253 e. The highest BCUT2D eigenvalue weighted by molar-refractivity contribution is 6.26. The minimum atomic E-state index is 0.891. The normalized spacial score (nSPS) is 11.9. The fraction of sp³-hybridized carbons (Fsp3) is 0. The van der Waals surface area contributed by atoms with E-state index in [0.29, 0.717) is 0 Å². The standard InChI is InChI=1S/C54H32N2/c1-2-9-36-30-37(21-18-33(36)8-1)34-16-19-35(20-17-34)52-43-12-5-6-13-44(43)54(47-26-25-46-41-11-4-3-10-40(41)42-14-7-15-45(47)53(42)46)48-24-22-38(31-49(48)52)39-23-27-50-51(32-39)56-29-28-55-50/h1-32H. The molecule has 1 heterocycles. The van der Waals surface area contributed by atoms with E-state index in [1.807, 2.05) is 0 Å². The highest BCUT2D eigenvalue weighted by Crippen LogP contribution is 2.52. The van der Waals surface area contributed by atoms with Gasteiger partial charge in [-0.05, 0) is 134 Å². The van der Waals surface area contributed by atoms with Crippen LogP contribution in [0.25, 0.3) is 121 Å². The smallest absolute Gasteiger partial charge is 0.0892 e. The van der Waals surface area contributed by atoms with Crippen molar-refractivity contribution >= 4 is 54.1 Å². The Kier molecular flexibility index (Phi) is 6.66. The van der Waals surface area contributed by atoms with Crippen LogP contribution in [0, 0.1) is 0 Å². The van der Waals surface area contributed by atoms with Crippen molar-refractivity contribution in [3.63, 3.8) is 0 Å². The van der Waals surface area contributed by atoms with Gasteiger partial charge < -0.3 is 0 Å². The molecule has 0 amide bonds. The lowest BCUT2D eigenvalue weighted by Crippen LogP contribution is -1.93. The van der Waals surface area contributed by atoms with Crippen molar-refractivity contribution in [2.75, 3.05) is 0 Å². The zero-order chi connectivity index (χ0) is 36.7. The first-order valence-electron chi connectivity index (χ1n) is 19.2. The second kappa shape index (κ2) is 12.0.